The molecule has 0 aliphatic carbocycles. The molecule has 0 spiro atoms. The molecular formula is C16H24O3. The smallest absolute Gasteiger partial charge is 0.109 e. The molecule has 1 saturated heterocycles. The summed E-state index contributed by atoms with van der Waals surface area (Å²) in [6.45, 7) is 9.25. The van der Waals surface area contributed by atoms with Crippen LogP contribution in [-0.2, 0) is 20.8 Å². The standard InChI is InChI=1S/C16H24O3/c1-16(2,3)12-19-14(15-11-18-15)10-17-9-13-7-5-4-6-8-13/h4-8,14-15H,9-12H2,1-3H3/t14-,15+/m0/s1. The maximum absolute atomic E-state index is 5.92. The fourth-order valence-corrected chi connectivity index (χ4v) is 1.76. The van der Waals surface area contributed by atoms with E-state index in [1.165, 1.54) is 5.56 Å². The molecule has 3 nitrogen and oxygen atoms in total. The van der Waals surface area contributed by atoms with Gasteiger partial charge in [-0.3, -0.25) is 0 Å². The number of epoxide rings is 1. The molecule has 106 valence electrons. The average Bonchev–Trinajstić information content (AvgIpc) is 3.18. The highest BCUT2D eigenvalue weighted by atomic mass is 16.6. The van der Waals surface area contributed by atoms with Crippen LogP contribution >= 0.6 is 0 Å². The monoisotopic (exact) mass is 264 g/mol. The zero-order chi connectivity index (χ0) is 13.7. The van der Waals surface area contributed by atoms with Crippen LogP contribution in [0, 0.1) is 5.41 Å². The van der Waals surface area contributed by atoms with E-state index in [2.05, 4.69) is 32.9 Å². The van der Waals surface area contributed by atoms with Gasteiger partial charge in [0.25, 0.3) is 0 Å². The maximum Gasteiger partial charge on any atom is 0.109 e. The van der Waals surface area contributed by atoms with Crippen molar-refractivity contribution < 1.29 is 14.2 Å². The van der Waals surface area contributed by atoms with Crippen molar-refractivity contribution in [1.82, 2.24) is 0 Å². The van der Waals surface area contributed by atoms with Crippen LogP contribution in [0.3, 0.4) is 0 Å². The molecule has 3 heteroatoms. The molecule has 1 aromatic rings. The van der Waals surface area contributed by atoms with Gasteiger partial charge in [0.15, 0.2) is 0 Å². The molecule has 1 aromatic carbocycles. The number of hydrogen-bond donors (Lipinski definition) is 0. The van der Waals surface area contributed by atoms with Gasteiger partial charge in [0, 0.05) is 0 Å². The van der Waals surface area contributed by atoms with Crippen LogP contribution in [0.4, 0.5) is 0 Å². The third-order valence-corrected chi connectivity index (χ3v) is 2.90. The maximum atomic E-state index is 5.92. The third-order valence-electron chi connectivity index (χ3n) is 2.90. The zero-order valence-electron chi connectivity index (χ0n) is 12.1. The zero-order valence-corrected chi connectivity index (χ0v) is 12.1. The van der Waals surface area contributed by atoms with E-state index in [-0.39, 0.29) is 17.6 Å². The molecular weight excluding hydrogens is 240 g/mol. The van der Waals surface area contributed by atoms with Gasteiger partial charge >= 0.3 is 0 Å². The lowest BCUT2D eigenvalue weighted by atomic mass is 9.98. The van der Waals surface area contributed by atoms with E-state index in [4.69, 9.17) is 14.2 Å². The summed E-state index contributed by atoms with van der Waals surface area (Å²) in [5, 5.41) is 0. The second-order valence-corrected chi connectivity index (χ2v) is 6.28. The number of ether oxygens (including phenoxy) is 3. The van der Waals surface area contributed by atoms with Crippen molar-refractivity contribution in [1.29, 1.82) is 0 Å². The number of benzene rings is 1. The molecule has 2 atom stereocenters. The summed E-state index contributed by atoms with van der Waals surface area (Å²) in [6, 6.07) is 10.2. The van der Waals surface area contributed by atoms with Crippen LogP contribution in [-0.4, -0.2) is 32.0 Å². The van der Waals surface area contributed by atoms with E-state index in [0.717, 1.165) is 13.2 Å². The van der Waals surface area contributed by atoms with Gasteiger partial charge in [0.1, 0.15) is 12.2 Å². The van der Waals surface area contributed by atoms with Gasteiger partial charge < -0.3 is 14.2 Å². The highest BCUT2D eigenvalue weighted by Crippen LogP contribution is 2.21. The van der Waals surface area contributed by atoms with Crippen molar-refractivity contribution in [3.63, 3.8) is 0 Å². The molecule has 1 aliphatic heterocycles. The molecule has 0 amide bonds. The van der Waals surface area contributed by atoms with Crippen molar-refractivity contribution in [2.45, 2.75) is 39.6 Å². The summed E-state index contributed by atoms with van der Waals surface area (Å²) in [6.07, 6.45) is 0.279. The lowest BCUT2D eigenvalue weighted by molar-refractivity contribution is -0.0556. The first-order valence-corrected chi connectivity index (χ1v) is 6.89. The van der Waals surface area contributed by atoms with Crippen LogP contribution in [0.2, 0.25) is 0 Å². The molecule has 1 heterocycles. The Kier molecular flexibility index (Phi) is 4.97. The summed E-state index contributed by atoms with van der Waals surface area (Å²) in [4.78, 5) is 0. The highest BCUT2D eigenvalue weighted by Gasteiger charge is 2.34. The van der Waals surface area contributed by atoms with Gasteiger partial charge in [-0.25, -0.2) is 0 Å². The Balaban J connectivity index is 1.72. The molecule has 1 aliphatic rings. The fourth-order valence-electron chi connectivity index (χ4n) is 1.76. The van der Waals surface area contributed by atoms with E-state index < -0.39 is 0 Å². The normalized spacial score (nSPS) is 20.3. The molecule has 0 aromatic heterocycles. The summed E-state index contributed by atoms with van der Waals surface area (Å²) in [5.74, 6) is 0. The third kappa shape index (κ3) is 5.72. The number of hydrogen-bond acceptors (Lipinski definition) is 3. The SMILES string of the molecule is CC(C)(C)CO[C@@H](COCc1ccccc1)[C@H]1CO1. The van der Waals surface area contributed by atoms with E-state index in [0.29, 0.717) is 13.2 Å². The highest BCUT2D eigenvalue weighted by molar-refractivity contribution is 5.13. The molecule has 19 heavy (non-hydrogen) atoms. The van der Waals surface area contributed by atoms with E-state index in [1.807, 2.05) is 18.2 Å². The Labute approximate surface area is 115 Å². The van der Waals surface area contributed by atoms with E-state index in [9.17, 15) is 0 Å². The second-order valence-electron chi connectivity index (χ2n) is 6.28. The van der Waals surface area contributed by atoms with Gasteiger partial charge in [-0.15, -0.1) is 0 Å². The number of rotatable bonds is 7. The predicted molar refractivity (Wildman–Crippen MR) is 75.0 cm³/mol. The Hall–Kier alpha value is -0.900. The van der Waals surface area contributed by atoms with Crippen molar-refractivity contribution in [3.8, 4) is 0 Å². The fraction of sp³-hybridized carbons (Fsp3) is 0.625. The van der Waals surface area contributed by atoms with Crippen molar-refractivity contribution in [2.24, 2.45) is 5.41 Å². The van der Waals surface area contributed by atoms with Gasteiger partial charge in [0.05, 0.1) is 26.4 Å². The summed E-state index contributed by atoms with van der Waals surface area (Å²) in [5.41, 5.74) is 1.36. The molecule has 2 rings (SSSR count). The lowest BCUT2D eigenvalue weighted by Crippen LogP contribution is -2.30. The van der Waals surface area contributed by atoms with E-state index >= 15 is 0 Å². The Morgan fingerprint density at radius 2 is 1.95 bits per heavy atom. The van der Waals surface area contributed by atoms with Crippen LogP contribution < -0.4 is 0 Å². The van der Waals surface area contributed by atoms with Crippen LogP contribution in [0.15, 0.2) is 30.3 Å². The largest absolute Gasteiger partial charge is 0.374 e. The van der Waals surface area contributed by atoms with Crippen molar-refractivity contribution in [3.05, 3.63) is 35.9 Å². The Morgan fingerprint density at radius 1 is 1.26 bits per heavy atom. The minimum absolute atomic E-state index is 0.0583. The average molecular weight is 264 g/mol. The summed E-state index contributed by atoms with van der Waals surface area (Å²) >= 11 is 0. The Bertz CT molecular complexity index is 365. The van der Waals surface area contributed by atoms with Crippen molar-refractivity contribution >= 4 is 0 Å². The first-order chi connectivity index (χ1) is 9.04. The van der Waals surface area contributed by atoms with Crippen LogP contribution in [0.1, 0.15) is 26.3 Å². The lowest BCUT2D eigenvalue weighted by Gasteiger charge is -2.23. The first-order valence-electron chi connectivity index (χ1n) is 6.89. The summed E-state index contributed by atoms with van der Waals surface area (Å²) in [7, 11) is 0. The van der Waals surface area contributed by atoms with Gasteiger partial charge in [0.2, 0.25) is 0 Å². The van der Waals surface area contributed by atoms with Gasteiger partial charge in [-0.1, -0.05) is 51.1 Å². The molecule has 0 saturated carbocycles. The molecule has 0 radical (unpaired) electrons. The van der Waals surface area contributed by atoms with Crippen LogP contribution in [0.5, 0.6) is 0 Å². The van der Waals surface area contributed by atoms with Gasteiger partial charge in [-0.05, 0) is 11.0 Å². The quantitative estimate of drug-likeness (QED) is 0.709. The first kappa shape index (κ1) is 14.5. The molecule has 0 bridgehead atoms. The van der Waals surface area contributed by atoms with Crippen molar-refractivity contribution in [2.75, 3.05) is 19.8 Å². The van der Waals surface area contributed by atoms with Gasteiger partial charge in [-0.2, -0.15) is 0 Å². The Morgan fingerprint density at radius 3 is 2.53 bits per heavy atom. The van der Waals surface area contributed by atoms with Crippen LogP contribution in [0.25, 0.3) is 0 Å². The summed E-state index contributed by atoms with van der Waals surface area (Å²) < 4.78 is 17.0. The molecule has 0 N–H and O–H groups in total. The topological polar surface area (TPSA) is 31.0 Å². The second kappa shape index (κ2) is 6.51. The molecule has 0 unspecified atom stereocenters. The van der Waals surface area contributed by atoms with E-state index in [1.54, 1.807) is 0 Å². The molecule has 1 fully saturated rings. The predicted octanol–water partition coefficient (Wildman–Crippen LogP) is 3.03. The minimum Gasteiger partial charge on any atom is -0.374 e. The minimum atomic E-state index is 0.0583.